The fraction of sp³-hybridized carbons (Fsp3) is 0.111. The number of hydrogen-bond donors (Lipinski definition) is 0. The van der Waals surface area contributed by atoms with Gasteiger partial charge in [-0.05, 0) is 11.6 Å². The third kappa shape index (κ3) is 24.7. The molecule has 0 aromatic heterocycles. The molecule has 2 rings (SSSR count). The van der Waals surface area contributed by atoms with Gasteiger partial charge in [-0.25, -0.2) is 0 Å². The number of carbonyl (C=O) groups excluding carboxylic acids is 2. The predicted molar refractivity (Wildman–Crippen MR) is 80.1 cm³/mol. The van der Waals surface area contributed by atoms with Gasteiger partial charge in [0.15, 0.2) is 0 Å². The molecule has 0 aliphatic carbocycles. The van der Waals surface area contributed by atoms with Gasteiger partial charge in [0.2, 0.25) is 6.41 Å². The van der Waals surface area contributed by atoms with Gasteiger partial charge >= 0.3 is 51.3 Å². The minimum absolute atomic E-state index is 0. The zero-order valence-corrected chi connectivity index (χ0v) is 12.6. The van der Waals surface area contributed by atoms with E-state index in [9.17, 15) is 61.4 Å². The summed E-state index contributed by atoms with van der Waals surface area (Å²) in [6.07, 6.45) is 0.572. The van der Waals surface area contributed by atoms with Gasteiger partial charge in [0.05, 0.1) is 6.54 Å². The first kappa shape index (κ1) is 31.4. The summed E-state index contributed by atoms with van der Waals surface area (Å²) in [6.45, 7) is 0.415. The molecule has 0 fully saturated rings. The Kier molecular flexibility index (Phi) is 14.6. The molecular formula is C9H8B3F12NNaO2-3. The zero-order valence-electron chi connectivity index (χ0n) is 12.6. The Morgan fingerprint density at radius 3 is 1.36 bits per heavy atom. The van der Waals surface area contributed by atoms with E-state index in [0.717, 1.165) is 5.56 Å². The Hall–Kier alpha value is -1.29. The Balaban J connectivity index is -0.000000334. The normalized spacial score (nSPS) is 12.7. The van der Waals surface area contributed by atoms with Gasteiger partial charge in [-0.2, -0.15) is 0 Å². The monoisotopic (exact) mass is 446 g/mol. The third-order valence-electron chi connectivity index (χ3n) is 1.98. The van der Waals surface area contributed by atoms with E-state index in [2.05, 4.69) is 0 Å². The van der Waals surface area contributed by atoms with Crippen molar-refractivity contribution in [3.63, 3.8) is 0 Å². The molecule has 1 aromatic rings. The van der Waals surface area contributed by atoms with Crippen LogP contribution in [0.5, 0.6) is 0 Å². The molecule has 2 amide bonds. The zero-order chi connectivity index (χ0) is 22.1. The maximum absolute atomic E-state index is 11.3. The summed E-state index contributed by atoms with van der Waals surface area (Å²) in [4.78, 5) is 22.9. The van der Waals surface area contributed by atoms with Crippen LogP contribution in [0.25, 0.3) is 0 Å². The molecule has 0 bridgehead atoms. The van der Waals surface area contributed by atoms with Crippen LogP contribution in [-0.4, -0.2) is 68.5 Å². The van der Waals surface area contributed by atoms with E-state index in [1.54, 1.807) is 12.1 Å². The van der Waals surface area contributed by atoms with Crippen LogP contribution in [0.2, 0.25) is 0 Å². The standard InChI is InChI=1S/C9H7NO2.3BF4.Na.H/c11-6-10-5-7-3-1-2-4-8(7)9(10)12;3*2-1(3,4)5;;/h1-4,6H,5H2;;;;;/q;3*-1;;. The topological polar surface area (TPSA) is 37.4 Å². The van der Waals surface area contributed by atoms with Crippen molar-refractivity contribution >= 4 is 63.6 Å². The number of nitrogens with zero attached hydrogens (tertiary/aromatic N) is 1. The number of hydrogen-bond acceptors (Lipinski definition) is 2. The second-order valence-electron chi connectivity index (χ2n) is 4.18. The Morgan fingerprint density at radius 2 is 1.07 bits per heavy atom. The van der Waals surface area contributed by atoms with Crippen LogP contribution in [0.1, 0.15) is 15.9 Å². The van der Waals surface area contributed by atoms with Gasteiger partial charge in [-0.3, -0.25) is 14.5 Å². The van der Waals surface area contributed by atoms with Crippen LogP contribution in [-0.2, 0) is 11.3 Å². The number of carbonyl (C=O) groups is 2. The van der Waals surface area contributed by atoms with E-state index in [-0.39, 0.29) is 35.5 Å². The van der Waals surface area contributed by atoms with Crippen molar-refractivity contribution in [2.75, 3.05) is 0 Å². The molecule has 0 spiro atoms. The number of imide groups is 1. The first-order chi connectivity index (χ1) is 11.8. The number of benzene rings is 1. The van der Waals surface area contributed by atoms with Crippen molar-refractivity contribution in [2.45, 2.75) is 6.54 Å². The van der Waals surface area contributed by atoms with Crippen molar-refractivity contribution < 1.29 is 61.4 Å². The van der Waals surface area contributed by atoms with Gasteiger partial charge in [0.1, 0.15) is 0 Å². The van der Waals surface area contributed by atoms with Gasteiger partial charge in [-0.1, -0.05) is 18.2 Å². The molecule has 0 saturated carbocycles. The van der Waals surface area contributed by atoms with Crippen LogP contribution < -0.4 is 0 Å². The molecule has 1 aromatic carbocycles. The first-order valence-corrected chi connectivity index (χ1v) is 6.29. The Labute approximate surface area is 172 Å². The number of fused-ring (bicyclic) bond motifs is 1. The molecule has 19 heteroatoms. The van der Waals surface area contributed by atoms with E-state index in [1.807, 2.05) is 12.1 Å². The fourth-order valence-corrected chi connectivity index (χ4v) is 1.36. The maximum atomic E-state index is 11.3. The quantitative estimate of drug-likeness (QED) is 0.372. The molecule has 158 valence electrons. The summed E-state index contributed by atoms with van der Waals surface area (Å²) >= 11 is 0. The number of rotatable bonds is 1. The summed E-state index contributed by atoms with van der Waals surface area (Å²) in [7, 11) is -18.0. The van der Waals surface area contributed by atoms with E-state index in [0.29, 0.717) is 18.5 Å². The van der Waals surface area contributed by atoms with Gasteiger partial charge in [-0.15, -0.1) is 0 Å². The summed E-state index contributed by atoms with van der Waals surface area (Å²) in [5, 5.41) is 0. The summed E-state index contributed by atoms with van der Waals surface area (Å²) in [6, 6.07) is 7.25. The third-order valence-corrected chi connectivity index (χ3v) is 1.98. The molecule has 28 heavy (non-hydrogen) atoms. The van der Waals surface area contributed by atoms with Gasteiger partial charge < -0.3 is 51.8 Å². The van der Waals surface area contributed by atoms with E-state index in [1.165, 1.54) is 4.90 Å². The Morgan fingerprint density at radius 1 is 0.750 bits per heavy atom. The van der Waals surface area contributed by atoms with Crippen LogP contribution in [0.15, 0.2) is 24.3 Å². The van der Waals surface area contributed by atoms with Crippen molar-refractivity contribution in [1.29, 1.82) is 0 Å². The summed E-state index contributed by atoms with van der Waals surface area (Å²) in [5.41, 5.74) is 1.57. The average molecular weight is 446 g/mol. The summed E-state index contributed by atoms with van der Waals surface area (Å²) in [5.74, 6) is -0.194. The number of halogens is 12. The van der Waals surface area contributed by atoms with Crippen molar-refractivity contribution in [3.8, 4) is 0 Å². The SMILES string of the molecule is F[B-](F)(F)F.F[B-](F)(F)F.F[B-](F)(F)F.O=CN1Cc2ccccc2C1=O.[NaH]. The average Bonchev–Trinajstić information content (AvgIpc) is 2.70. The molecule has 0 N–H and O–H groups in total. The molecule has 1 aliphatic rings. The second kappa shape index (κ2) is 13.0. The van der Waals surface area contributed by atoms with Crippen LogP contribution in [0, 0.1) is 0 Å². The second-order valence-corrected chi connectivity index (χ2v) is 4.18. The molecule has 1 heterocycles. The predicted octanol–water partition coefficient (Wildman–Crippen LogP) is 4.05. The molecule has 0 unspecified atom stereocenters. The fourth-order valence-electron chi connectivity index (χ4n) is 1.36. The molecular weight excluding hydrogens is 438 g/mol. The molecule has 0 radical (unpaired) electrons. The van der Waals surface area contributed by atoms with Gasteiger partial charge in [0, 0.05) is 5.56 Å². The van der Waals surface area contributed by atoms with Crippen molar-refractivity contribution in [2.24, 2.45) is 0 Å². The van der Waals surface area contributed by atoms with Crippen molar-refractivity contribution in [3.05, 3.63) is 35.4 Å². The Bertz CT molecular complexity index is 563. The molecule has 0 atom stereocenters. The van der Waals surface area contributed by atoms with Crippen LogP contribution in [0.4, 0.5) is 51.8 Å². The molecule has 0 saturated heterocycles. The van der Waals surface area contributed by atoms with Crippen LogP contribution >= 0.6 is 0 Å². The minimum atomic E-state index is -6.00. The van der Waals surface area contributed by atoms with Gasteiger partial charge in [0.25, 0.3) is 5.91 Å². The van der Waals surface area contributed by atoms with Crippen molar-refractivity contribution in [1.82, 2.24) is 4.90 Å². The summed E-state index contributed by atoms with van der Waals surface area (Å²) < 4.78 is 117. The van der Waals surface area contributed by atoms with E-state index < -0.39 is 21.8 Å². The molecule has 1 aliphatic heterocycles. The van der Waals surface area contributed by atoms with E-state index in [4.69, 9.17) is 0 Å². The first-order valence-electron chi connectivity index (χ1n) is 6.29. The molecule has 3 nitrogen and oxygen atoms in total. The number of amides is 2. The van der Waals surface area contributed by atoms with Crippen LogP contribution in [0.3, 0.4) is 0 Å². The van der Waals surface area contributed by atoms with E-state index >= 15 is 0 Å².